The molecule has 0 unspecified atom stereocenters. The van der Waals surface area contributed by atoms with Crippen molar-refractivity contribution in [2.45, 2.75) is 39.8 Å². The van der Waals surface area contributed by atoms with Gasteiger partial charge in [0.05, 0.1) is 0 Å². The first-order valence-electron chi connectivity index (χ1n) is 7.59. The van der Waals surface area contributed by atoms with Crippen molar-refractivity contribution in [3.63, 3.8) is 0 Å². The van der Waals surface area contributed by atoms with E-state index in [-0.39, 0.29) is 0 Å². The number of anilines is 1. The Kier molecular flexibility index (Phi) is 5.34. The van der Waals surface area contributed by atoms with Crippen molar-refractivity contribution in [2.24, 2.45) is 5.73 Å². The zero-order chi connectivity index (χ0) is 15.2. The van der Waals surface area contributed by atoms with E-state index < -0.39 is 0 Å². The minimum atomic E-state index is 0.560. The molecular weight excluding hydrogens is 258 g/mol. The summed E-state index contributed by atoms with van der Waals surface area (Å²) in [5.41, 5.74) is 10.7. The van der Waals surface area contributed by atoms with Crippen LogP contribution in [0.2, 0.25) is 0 Å². The highest BCUT2D eigenvalue weighted by atomic mass is 15.2. The molecule has 0 bridgehead atoms. The number of hydrogen-bond donors (Lipinski definition) is 1. The van der Waals surface area contributed by atoms with Crippen molar-refractivity contribution >= 4 is 5.82 Å². The van der Waals surface area contributed by atoms with Crippen molar-refractivity contribution in [2.75, 3.05) is 11.9 Å². The summed E-state index contributed by atoms with van der Waals surface area (Å²) in [5, 5.41) is 0. The molecule has 1 aromatic heterocycles. The van der Waals surface area contributed by atoms with Gasteiger partial charge >= 0.3 is 0 Å². The maximum Gasteiger partial charge on any atom is 0.129 e. The van der Waals surface area contributed by atoms with Crippen LogP contribution in [0.3, 0.4) is 0 Å². The van der Waals surface area contributed by atoms with Crippen LogP contribution in [0.25, 0.3) is 0 Å². The zero-order valence-electron chi connectivity index (χ0n) is 13.3. The summed E-state index contributed by atoms with van der Waals surface area (Å²) in [6.45, 7) is 5.71. The molecule has 2 aromatic rings. The Balaban J connectivity index is 2.21. The minimum Gasteiger partial charge on any atom is -0.355 e. The van der Waals surface area contributed by atoms with Crippen LogP contribution in [0.1, 0.15) is 35.7 Å². The Labute approximate surface area is 127 Å². The molecular formula is C18H25N3. The molecule has 3 nitrogen and oxygen atoms in total. The molecule has 0 atom stereocenters. The Hall–Kier alpha value is -1.87. The van der Waals surface area contributed by atoms with Crippen molar-refractivity contribution in [1.29, 1.82) is 0 Å². The fourth-order valence-electron chi connectivity index (χ4n) is 2.50. The van der Waals surface area contributed by atoms with Gasteiger partial charge in [0.2, 0.25) is 0 Å². The van der Waals surface area contributed by atoms with Gasteiger partial charge < -0.3 is 10.6 Å². The van der Waals surface area contributed by atoms with E-state index >= 15 is 0 Å². The number of benzene rings is 1. The molecule has 0 spiro atoms. The zero-order valence-corrected chi connectivity index (χ0v) is 13.3. The fraction of sp³-hybridized carbons (Fsp3) is 0.389. The topological polar surface area (TPSA) is 42.1 Å². The summed E-state index contributed by atoms with van der Waals surface area (Å²) in [4.78, 5) is 6.95. The van der Waals surface area contributed by atoms with Gasteiger partial charge in [-0.25, -0.2) is 4.98 Å². The molecule has 112 valence electrons. The Morgan fingerprint density at radius 2 is 1.95 bits per heavy atom. The van der Waals surface area contributed by atoms with Crippen LogP contribution in [0, 0.1) is 6.92 Å². The molecule has 2 rings (SSSR count). The fourth-order valence-corrected chi connectivity index (χ4v) is 2.50. The van der Waals surface area contributed by atoms with E-state index in [1.54, 1.807) is 0 Å². The molecule has 0 aliphatic rings. The first-order chi connectivity index (χ1) is 10.1. The first kappa shape index (κ1) is 15.5. The van der Waals surface area contributed by atoms with Gasteiger partial charge in [-0.3, -0.25) is 0 Å². The quantitative estimate of drug-likeness (QED) is 0.883. The van der Waals surface area contributed by atoms with Crippen LogP contribution in [-0.2, 0) is 19.5 Å². The lowest BCUT2D eigenvalue weighted by molar-refractivity contribution is 0.841. The number of nitrogens with two attached hydrogens (primary N) is 1. The predicted octanol–water partition coefficient (Wildman–Crippen LogP) is 3.44. The standard InChI is InChI=1S/C18H25N3/c1-4-6-17-10-16(12-19)11-18(20-17)21(3)13-15-8-5-7-14(2)9-15/h5,7-11H,4,6,12-13,19H2,1-3H3. The van der Waals surface area contributed by atoms with Crippen molar-refractivity contribution in [3.05, 3.63) is 58.8 Å². The van der Waals surface area contributed by atoms with E-state index in [0.29, 0.717) is 6.54 Å². The van der Waals surface area contributed by atoms with E-state index in [4.69, 9.17) is 10.7 Å². The molecule has 0 saturated heterocycles. The molecule has 0 fully saturated rings. The van der Waals surface area contributed by atoms with Crippen molar-refractivity contribution in [1.82, 2.24) is 4.98 Å². The lowest BCUT2D eigenvalue weighted by Gasteiger charge is -2.20. The van der Waals surface area contributed by atoms with Crippen molar-refractivity contribution < 1.29 is 0 Å². The molecule has 1 aromatic carbocycles. The minimum absolute atomic E-state index is 0.560. The summed E-state index contributed by atoms with van der Waals surface area (Å²) in [6.07, 6.45) is 2.10. The number of pyridine rings is 1. The first-order valence-corrected chi connectivity index (χ1v) is 7.59. The smallest absolute Gasteiger partial charge is 0.129 e. The molecule has 0 aliphatic carbocycles. The lowest BCUT2D eigenvalue weighted by atomic mass is 10.1. The van der Waals surface area contributed by atoms with E-state index in [1.807, 2.05) is 0 Å². The molecule has 3 heteroatoms. The molecule has 1 heterocycles. The predicted molar refractivity (Wildman–Crippen MR) is 89.4 cm³/mol. The summed E-state index contributed by atoms with van der Waals surface area (Å²) in [7, 11) is 2.08. The maximum atomic E-state index is 5.81. The largest absolute Gasteiger partial charge is 0.355 e. The van der Waals surface area contributed by atoms with E-state index in [0.717, 1.165) is 36.5 Å². The highest BCUT2D eigenvalue weighted by Crippen LogP contribution is 2.17. The van der Waals surface area contributed by atoms with Crippen LogP contribution in [0.15, 0.2) is 36.4 Å². The van der Waals surface area contributed by atoms with Crippen LogP contribution in [0.4, 0.5) is 5.82 Å². The summed E-state index contributed by atoms with van der Waals surface area (Å²) >= 11 is 0. The second kappa shape index (κ2) is 7.23. The SMILES string of the molecule is CCCc1cc(CN)cc(N(C)Cc2cccc(C)c2)n1. The molecule has 0 aliphatic heterocycles. The van der Waals surface area contributed by atoms with Crippen LogP contribution < -0.4 is 10.6 Å². The number of hydrogen-bond acceptors (Lipinski definition) is 3. The van der Waals surface area contributed by atoms with Crippen molar-refractivity contribution in [3.8, 4) is 0 Å². The van der Waals surface area contributed by atoms with E-state index in [9.17, 15) is 0 Å². The second-order valence-corrected chi connectivity index (χ2v) is 5.62. The third-order valence-electron chi connectivity index (χ3n) is 3.56. The highest BCUT2D eigenvalue weighted by Gasteiger charge is 2.07. The monoisotopic (exact) mass is 283 g/mol. The van der Waals surface area contributed by atoms with Gasteiger partial charge in [0.1, 0.15) is 5.82 Å². The Morgan fingerprint density at radius 1 is 1.14 bits per heavy atom. The summed E-state index contributed by atoms with van der Waals surface area (Å²) in [5.74, 6) is 1.00. The van der Waals surface area contributed by atoms with Gasteiger partial charge in [0, 0.05) is 25.8 Å². The molecule has 2 N–H and O–H groups in total. The van der Waals surface area contributed by atoms with Gasteiger partial charge in [-0.15, -0.1) is 0 Å². The normalized spacial score (nSPS) is 10.7. The third-order valence-corrected chi connectivity index (χ3v) is 3.56. The third kappa shape index (κ3) is 4.30. The maximum absolute atomic E-state index is 5.81. The van der Waals surface area contributed by atoms with Gasteiger partial charge in [-0.1, -0.05) is 43.2 Å². The van der Waals surface area contributed by atoms with Gasteiger partial charge in [-0.05, 0) is 36.6 Å². The summed E-state index contributed by atoms with van der Waals surface area (Å²) in [6, 6.07) is 12.8. The van der Waals surface area contributed by atoms with Crippen LogP contribution in [0.5, 0.6) is 0 Å². The lowest BCUT2D eigenvalue weighted by Crippen LogP contribution is -2.19. The van der Waals surface area contributed by atoms with Gasteiger partial charge in [-0.2, -0.15) is 0 Å². The highest BCUT2D eigenvalue weighted by molar-refractivity contribution is 5.43. The molecule has 0 radical (unpaired) electrons. The molecule has 21 heavy (non-hydrogen) atoms. The molecule has 0 amide bonds. The van der Waals surface area contributed by atoms with E-state index in [1.165, 1.54) is 11.1 Å². The summed E-state index contributed by atoms with van der Waals surface area (Å²) < 4.78 is 0. The Bertz CT molecular complexity index is 593. The number of nitrogens with zero attached hydrogens (tertiary/aromatic N) is 2. The number of rotatable bonds is 6. The van der Waals surface area contributed by atoms with Gasteiger partial charge in [0.15, 0.2) is 0 Å². The average Bonchev–Trinajstić information content (AvgIpc) is 2.47. The number of aryl methyl sites for hydroxylation is 2. The van der Waals surface area contributed by atoms with Crippen LogP contribution in [-0.4, -0.2) is 12.0 Å². The Morgan fingerprint density at radius 3 is 2.62 bits per heavy atom. The van der Waals surface area contributed by atoms with Crippen LogP contribution >= 0.6 is 0 Å². The molecule has 0 saturated carbocycles. The number of aromatic nitrogens is 1. The second-order valence-electron chi connectivity index (χ2n) is 5.62. The van der Waals surface area contributed by atoms with Gasteiger partial charge in [0.25, 0.3) is 0 Å². The van der Waals surface area contributed by atoms with E-state index in [2.05, 4.69) is 62.2 Å². The average molecular weight is 283 g/mol.